The van der Waals surface area contributed by atoms with Gasteiger partial charge in [-0.2, -0.15) is 0 Å². The number of hydrogen-bond donors (Lipinski definition) is 2. The molecule has 1 saturated heterocycles. The number of hydrogen-bond acceptors (Lipinski definition) is 3. The van der Waals surface area contributed by atoms with Crippen LogP contribution in [0.1, 0.15) is 40.5 Å². The van der Waals surface area contributed by atoms with Gasteiger partial charge in [-0.25, -0.2) is 4.79 Å². The third-order valence-electron chi connectivity index (χ3n) is 3.47. The average molecular weight is 270 g/mol. The number of rotatable bonds is 3. The van der Waals surface area contributed by atoms with Gasteiger partial charge in [0, 0.05) is 19.0 Å². The molecule has 0 radical (unpaired) electrons. The number of carboxylic acids is 1. The van der Waals surface area contributed by atoms with E-state index in [1.807, 2.05) is 6.92 Å². The van der Waals surface area contributed by atoms with Gasteiger partial charge < -0.3 is 10.0 Å². The minimum absolute atomic E-state index is 0.107. The SMILES string of the molecule is CC1CC(C)N(C(=O)NC(=O)CC(C)(C)C(=O)O)C1. The molecule has 0 saturated carbocycles. The Balaban J connectivity index is 2.54. The van der Waals surface area contributed by atoms with Gasteiger partial charge in [-0.3, -0.25) is 14.9 Å². The third-order valence-corrected chi connectivity index (χ3v) is 3.47. The van der Waals surface area contributed by atoms with Crippen molar-refractivity contribution in [1.82, 2.24) is 10.2 Å². The molecule has 0 aliphatic carbocycles. The third kappa shape index (κ3) is 3.94. The quantitative estimate of drug-likeness (QED) is 0.812. The summed E-state index contributed by atoms with van der Waals surface area (Å²) in [5, 5.41) is 11.2. The highest BCUT2D eigenvalue weighted by Crippen LogP contribution is 2.23. The number of imide groups is 1. The predicted octanol–water partition coefficient (Wildman–Crippen LogP) is 1.45. The molecule has 2 unspecified atom stereocenters. The van der Waals surface area contributed by atoms with E-state index >= 15 is 0 Å². The molecule has 6 nitrogen and oxygen atoms in total. The average Bonchev–Trinajstić information content (AvgIpc) is 2.56. The maximum Gasteiger partial charge on any atom is 0.324 e. The highest BCUT2D eigenvalue weighted by molar-refractivity contribution is 5.96. The molecule has 0 aromatic carbocycles. The highest BCUT2D eigenvalue weighted by Gasteiger charge is 2.33. The summed E-state index contributed by atoms with van der Waals surface area (Å²) in [6.45, 7) is 7.54. The summed E-state index contributed by atoms with van der Waals surface area (Å²) in [7, 11) is 0. The summed E-state index contributed by atoms with van der Waals surface area (Å²) in [5.41, 5.74) is -1.17. The molecule has 19 heavy (non-hydrogen) atoms. The zero-order chi connectivity index (χ0) is 14.8. The lowest BCUT2D eigenvalue weighted by atomic mass is 9.89. The Kier molecular flexibility index (Phi) is 4.55. The normalized spacial score (nSPS) is 23.3. The fourth-order valence-electron chi connectivity index (χ4n) is 2.30. The maximum atomic E-state index is 11.9. The van der Waals surface area contributed by atoms with E-state index in [-0.39, 0.29) is 12.5 Å². The summed E-state index contributed by atoms with van der Waals surface area (Å²) in [5.74, 6) is -1.19. The molecule has 2 N–H and O–H groups in total. The molecule has 6 heteroatoms. The fraction of sp³-hybridized carbons (Fsp3) is 0.769. The standard InChI is InChI=1S/C13H22N2O4/c1-8-5-9(2)15(7-8)12(19)14-10(16)6-13(3,4)11(17)18/h8-9H,5-7H2,1-4H3,(H,17,18)(H,14,16,19). The number of amides is 3. The lowest BCUT2D eigenvalue weighted by Crippen LogP contribution is -2.46. The first-order chi connectivity index (χ1) is 8.63. The van der Waals surface area contributed by atoms with Crippen LogP contribution in [0.4, 0.5) is 4.79 Å². The number of nitrogens with zero attached hydrogens (tertiary/aromatic N) is 1. The monoisotopic (exact) mass is 270 g/mol. The van der Waals surface area contributed by atoms with Gasteiger partial charge in [-0.05, 0) is 33.1 Å². The van der Waals surface area contributed by atoms with E-state index in [1.54, 1.807) is 4.90 Å². The summed E-state index contributed by atoms with van der Waals surface area (Å²) in [6.07, 6.45) is 0.702. The van der Waals surface area contributed by atoms with Crippen LogP contribution in [-0.2, 0) is 9.59 Å². The smallest absolute Gasteiger partial charge is 0.324 e. The predicted molar refractivity (Wildman–Crippen MR) is 69.5 cm³/mol. The largest absolute Gasteiger partial charge is 0.481 e. The summed E-state index contributed by atoms with van der Waals surface area (Å²) in [4.78, 5) is 36.2. The second-order valence-corrected chi connectivity index (χ2v) is 6.06. The molecular weight excluding hydrogens is 248 g/mol. The Morgan fingerprint density at radius 3 is 2.32 bits per heavy atom. The van der Waals surface area contributed by atoms with Gasteiger partial charge in [0.1, 0.15) is 0 Å². The molecule has 0 spiro atoms. The fourth-order valence-corrected chi connectivity index (χ4v) is 2.30. The lowest BCUT2D eigenvalue weighted by molar-refractivity contribution is -0.149. The van der Waals surface area contributed by atoms with Gasteiger partial charge in [0.15, 0.2) is 0 Å². The number of carbonyl (C=O) groups is 3. The molecule has 1 fully saturated rings. The number of nitrogens with one attached hydrogen (secondary N) is 1. The molecular formula is C13H22N2O4. The molecule has 1 heterocycles. The molecule has 3 amide bonds. The van der Waals surface area contributed by atoms with Gasteiger partial charge in [-0.1, -0.05) is 6.92 Å². The zero-order valence-corrected chi connectivity index (χ0v) is 11.9. The van der Waals surface area contributed by atoms with Gasteiger partial charge in [0.2, 0.25) is 5.91 Å². The van der Waals surface area contributed by atoms with Crippen molar-refractivity contribution < 1.29 is 19.5 Å². The Morgan fingerprint density at radius 1 is 1.32 bits per heavy atom. The van der Waals surface area contributed by atoms with Gasteiger partial charge in [0.25, 0.3) is 0 Å². The van der Waals surface area contributed by atoms with Crippen molar-refractivity contribution in [3.05, 3.63) is 0 Å². The Labute approximate surface area is 113 Å². The van der Waals surface area contributed by atoms with Crippen molar-refractivity contribution in [1.29, 1.82) is 0 Å². The molecule has 108 valence electrons. The summed E-state index contributed by atoms with van der Waals surface area (Å²) >= 11 is 0. The molecule has 1 rings (SSSR count). The number of aliphatic carboxylic acids is 1. The lowest BCUT2D eigenvalue weighted by Gasteiger charge is -2.23. The van der Waals surface area contributed by atoms with Crippen molar-refractivity contribution in [3.63, 3.8) is 0 Å². The first kappa shape index (κ1) is 15.5. The Bertz CT molecular complexity index is 392. The van der Waals surface area contributed by atoms with E-state index in [0.29, 0.717) is 12.5 Å². The van der Waals surface area contributed by atoms with Crippen LogP contribution in [0.3, 0.4) is 0 Å². The van der Waals surface area contributed by atoms with Crippen LogP contribution in [0.25, 0.3) is 0 Å². The first-order valence-electron chi connectivity index (χ1n) is 6.47. The Hall–Kier alpha value is -1.59. The van der Waals surface area contributed by atoms with Gasteiger partial charge in [-0.15, -0.1) is 0 Å². The number of urea groups is 1. The number of carbonyl (C=O) groups excluding carboxylic acids is 2. The molecule has 1 aliphatic heterocycles. The van der Waals surface area contributed by atoms with E-state index in [4.69, 9.17) is 5.11 Å². The first-order valence-corrected chi connectivity index (χ1v) is 6.47. The molecule has 0 bridgehead atoms. The van der Waals surface area contributed by atoms with E-state index in [0.717, 1.165) is 6.42 Å². The van der Waals surface area contributed by atoms with Crippen LogP contribution >= 0.6 is 0 Å². The van der Waals surface area contributed by atoms with Crippen molar-refractivity contribution in [2.45, 2.75) is 46.6 Å². The molecule has 1 aliphatic rings. The van der Waals surface area contributed by atoms with Crippen LogP contribution in [0.15, 0.2) is 0 Å². The topological polar surface area (TPSA) is 86.7 Å². The van der Waals surface area contributed by atoms with E-state index < -0.39 is 23.3 Å². The molecule has 2 atom stereocenters. The summed E-state index contributed by atoms with van der Waals surface area (Å²) in [6, 6.07) is -0.321. The second-order valence-electron chi connectivity index (χ2n) is 6.06. The molecule has 0 aromatic rings. The van der Waals surface area contributed by atoms with Crippen molar-refractivity contribution in [2.75, 3.05) is 6.54 Å². The van der Waals surface area contributed by atoms with Crippen LogP contribution in [0.5, 0.6) is 0 Å². The second kappa shape index (κ2) is 5.59. The van der Waals surface area contributed by atoms with E-state index in [9.17, 15) is 14.4 Å². The van der Waals surface area contributed by atoms with Crippen LogP contribution in [0, 0.1) is 11.3 Å². The van der Waals surface area contributed by atoms with Gasteiger partial charge >= 0.3 is 12.0 Å². The molecule has 0 aromatic heterocycles. The minimum atomic E-state index is -1.17. The van der Waals surface area contributed by atoms with Crippen molar-refractivity contribution >= 4 is 17.9 Å². The van der Waals surface area contributed by atoms with Crippen molar-refractivity contribution in [3.8, 4) is 0 Å². The maximum absolute atomic E-state index is 11.9. The summed E-state index contributed by atoms with van der Waals surface area (Å²) < 4.78 is 0. The van der Waals surface area contributed by atoms with Crippen LogP contribution in [-0.4, -0.2) is 40.5 Å². The minimum Gasteiger partial charge on any atom is -0.481 e. The Morgan fingerprint density at radius 2 is 1.89 bits per heavy atom. The zero-order valence-electron chi connectivity index (χ0n) is 11.9. The number of carboxylic acid groups (broad SMARTS) is 1. The van der Waals surface area contributed by atoms with E-state index in [1.165, 1.54) is 13.8 Å². The van der Waals surface area contributed by atoms with Gasteiger partial charge in [0.05, 0.1) is 5.41 Å². The van der Waals surface area contributed by atoms with Crippen molar-refractivity contribution in [2.24, 2.45) is 11.3 Å². The number of likely N-dealkylation sites (tertiary alicyclic amines) is 1. The van der Waals surface area contributed by atoms with Crippen LogP contribution < -0.4 is 5.32 Å². The van der Waals surface area contributed by atoms with E-state index in [2.05, 4.69) is 12.2 Å². The highest BCUT2D eigenvalue weighted by atomic mass is 16.4. The van der Waals surface area contributed by atoms with Crippen LogP contribution in [0.2, 0.25) is 0 Å².